The molecule has 3 N–H and O–H groups in total. The SMILES string of the molecule is Cc1ccc(N)cc1CCNS. The van der Waals surface area contributed by atoms with Gasteiger partial charge >= 0.3 is 0 Å². The predicted molar refractivity (Wildman–Crippen MR) is 56.3 cm³/mol. The number of hydrogen-bond donors (Lipinski definition) is 3. The van der Waals surface area contributed by atoms with E-state index in [1.807, 2.05) is 18.2 Å². The molecule has 1 aromatic rings. The van der Waals surface area contributed by atoms with Crippen LogP contribution in [0, 0.1) is 6.92 Å². The van der Waals surface area contributed by atoms with E-state index in [2.05, 4.69) is 24.5 Å². The van der Waals surface area contributed by atoms with Gasteiger partial charge in [-0.15, -0.1) is 0 Å². The third-order valence-corrected chi connectivity index (χ3v) is 2.10. The van der Waals surface area contributed by atoms with Gasteiger partial charge in [-0.25, -0.2) is 0 Å². The van der Waals surface area contributed by atoms with Crippen LogP contribution >= 0.6 is 12.8 Å². The Labute approximate surface area is 78.7 Å². The third-order valence-electron chi connectivity index (χ3n) is 1.88. The highest BCUT2D eigenvalue weighted by Crippen LogP contribution is 2.12. The molecule has 0 aliphatic carbocycles. The first kappa shape index (κ1) is 9.42. The summed E-state index contributed by atoms with van der Waals surface area (Å²) in [6.45, 7) is 2.96. The lowest BCUT2D eigenvalue weighted by molar-refractivity contribution is 0.906. The summed E-state index contributed by atoms with van der Waals surface area (Å²) in [7, 11) is 0. The molecule has 0 unspecified atom stereocenters. The number of nitrogens with one attached hydrogen (secondary N) is 1. The minimum absolute atomic E-state index is 0.828. The van der Waals surface area contributed by atoms with Gasteiger partial charge in [0.2, 0.25) is 0 Å². The zero-order chi connectivity index (χ0) is 8.97. The largest absolute Gasteiger partial charge is 0.399 e. The molecule has 0 heterocycles. The van der Waals surface area contributed by atoms with E-state index < -0.39 is 0 Å². The fourth-order valence-electron chi connectivity index (χ4n) is 1.15. The molecule has 0 aliphatic rings. The molecule has 0 fully saturated rings. The summed E-state index contributed by atoms with van der Waals surface area (Å²) in [6.07, 6.45) is 0.973. The normalized spacial score (nSPS) is 10.2. The molecule has 0 aliphatic heterocycles. The van der Waals surface area contributed by atoms with Crippen LogP contribution in [0.2, 0.25) is 0 Å². The maximum absolute atomic E-state index is 5.66. The van der Waals surface area contributed by atoms with Crippen molar-refractivity contribution in [2.24, 2.45) is 0 Å². The number of nitrogen functional groups attached to an aromatic ring is 1. The van der Waals surface area contributed by atoms with Gasteiger partial charge in [-0.2, -0.15) is 0 Å². The lowest BCUT2D eigenvalue weighted by atomic mass is 10.1. The quantitative estimate of drug-likeness (QED) is 0.490. The number of anilines is 1. The average molecular weight is 182 g/mol. The Morgan fingerprint density at radius 1 is 1.50 bits per heavy atom. The minimum atomic E-state index is 0.828. The monoisotopic (exact) mass is 182 g/mol. The van der Waals surface area contributed by atoms with Crippen LogP contribution in [0.15, 0.2) is 18.2 Å². The summed E-state index contributed by atoms with van der Waals surface area (Å²) in [5.74, 6) is 0. The average Bonchev–Trinajstić information content (AvgIpc) is 2.07. The van der Waals surface area contributed by atoms with Crippen molar-refractivity contribution in [2.45, 2.75) is 13.3 Å². The van der Waals surface area contributed by atoms with Crippen molar-refractivity contribution in [1.82, 2.24) is 4.72 Å². The van der Waals surface area contributed by atoms with E-state index >= 15 is 0 Å². The Hall–Kier alpha value is -0.670. The van der Waals surface area contributed by atoms with Crippen molar-refractivity contribution in [1.29, 1.82) is 0 Å². The van der Waals surface area contributed by atoms with E-state index in [0.29, 0.717) is 0 Å². The highest BCUT2D eigenvalue weighted by molar-refractivity contribution is 7.78. The zero-order valence-corrected chi connectivity index (χ0v) is 8.07. The maximum Gasteiger partial charge on any atom is 0.0316 e. The van der Waals surface area contributed by atoms with Crippen LogP contribution in [0.25, 0.3) is 0 Å². The lowest BCUT2D eigenvalue weighted by Crippen LogP contribution is -2.06. The molecular formula is C9H14N2S. The van der Waals surface area contributed by atoms with E-state index in [-0.39, 0.29) is 0 Å². The summed E-state index contributed by atoms with van der Waals surface area (Å²) in [4.78, 5) is 0. The first-order valence-corrected chi connectivity index (χ1v) is 4.40. The number of thiol groups is 1. The Bertz CT molecular complexity index is 261. The van der Waals surface area contributed by atoms with E-state index in [4.69, 9.17) is 5.73 Å². The van der Waals surface area contributed by atoms with Crippen LogP contribution in [-0.2, 0) is 6.42 Å². The van der Waals surface area contributed by atoms with Crippen molar-refractivity contribution >= 4 is 18.5 Å². The summed E-state index contributed by atoms with van der Waals surface area (Å²) in [5.41, 5.74) is 9.06. The number of rotatable bonds is 3. The predicted octanol–water partition coefficient (Wildman–Crippen LogP) is 1.55. The van der Waals surface area contributed by atoms with Gasteiger partial charge < -0.3 is 5.73 Å². The van der Waals surface area contributed by atoms with Gasteiger partial charge in [0.05, 0.1) is 0 Å². The second-order valence-corrected chi connectivity index (χ2v) is 3.16. The Morgan fingerprint density at radius 2 is 2.25 bits per heavy atom. The highest BCUT2D eigenvalue weighted by Gasteiger charge is 1.97. The first-order valence-electron chi connectivity index (χ1n) is 3.96. The first-order chi connectivity index (χ1) is 5.74. The molecule has 66 valence electrons. The van der Waals surface area contributed by atoms with Crippen LogP contribution in [0.4, 0.5) is 5.69 Å². The lowest BCUT2D eigenvalue weighted by Gasteiger charge is -2.05. The molecule has 0 aromatic heterocycles. The molecular weight excluding hydrogens is 168 g/mol. The number of hydrogen-bond acceptors (Lipinski definition) is 3. The highest BCUT2D eigenvalue weighted by atomic mass is 32.1. The Morgan fingerprint density at radius 3 is 2.92 bits per heavy atom. The van der Waals surface area contributed by atoms with Crippen molar-refractivity contribution in [3.63, 3.8) is 0 Å². The fourth-order valence-corrected chi connectivity index (χ4v) is 1.26. The molecule has 2 nitrogen and oxygen atoms in total. The van der Waals surface area contributed by atoms with Crippen molar-refractivity contribution in [3.05, 3.63) is 29.3 Å². The second kappa shape index (κ2) is 4.38. The minimum Gasteiger partial charge on any atom is -0.399 e. The summed E-state index contributed by atoms with van der Waals surface area (Å²) in [6, 6.07) is 5.98. The number of nitrogens with two attached hydrogens (primary N) is 1. The molecule has 12 heavy (non-hydrogen) atoms. The summed E-state index contributed by atoms with van der Waals surface area (Å²) < 4.78 is 2.82. The van der Waals surface area contributed by atoms with Gasteiger partial charge in [0.1, 0.15) is 0 Å². The van der Waals surface area contributed by atoms with Crippen LogP contribution < -0.4 is 10.5 Å². The van der Waals surface area contributed by atoms with E-state index in [9.17, 15) is 0 Å². The second-order valence-electron chi connectivity index (χ2n) is 2.84. The van der Waals surface area contributed by atoms with Gasteiger partial charge in [0, 0.05) is 12.2 Å². The molecule has 0 radical (unpaired) electrons. The number of benzene rings is 1. The van der Waals surface area contributed by atoms with E-state index in [1.54, 1.807) is 0 Å². The van der Waals surface area contributed by atoms with Gasteiger partial charge in [0.25, 0.3) is 0 Å². The molecule has 1 aromatic carbocycles. The van der Waals surface area contributed by atoms with Crippen molar-refractivity contribution < 1.29 is 0 Å². The molecule has 0 amide bonds. The van der Waals surface area contributed by atoms with Gasteiger partial charge in [-0.1, -0.05) is 18.9 Å². The van der Waals surface area contributed by atoms with Crippen LogP contribution in [0.3, 0.4) is 0 Å². The molecule has 3 heteroatoms. The van der Waals surface area contributed by atoms with Crippen LogP contribution in [0.1, 0.15) is 11.1 Å². The third kappa shape index (κ3) is 2.43. The summed E-state index contributed by atoms with van der Waals surface area (Å²) in [5, 5.41) is 0. The molecule has 0 atom stereocenters. The fraction of sp³-hybridized carbons (Fsp3) is 0.333. The van der Waals surface area contributed by atoms with Gasteiger partial charge in [0.15, 0.2) is 0 Å². The maximum atomic E-state index is 5.66. The molecule has 0 bridgehead atoms. The van der Waals surface area contributed by atoms with Gasteiger partial charge in [-0.3, -0.25) is 4.72 Å². The van der Waals surface area contributed by atoms with Crippen LogP contribution in [-0.4, -0.2) is 6.54 Å². The molecule has 0 saturated carbocycles. The topological polar surface area (TPSA) is 38.0 Å². The van der Waals surface area contributed by atoms with Crippen molar-refractivity contribution in [3.8, 4) is 0 Å². The standard InChI is InChI=1S/C9H14N2S/c1-7-2-3-9(10)6-8(7)4-5-11-12/h2-3,6,11-12H,4-5,10H2,1H3. The Balaban J connectivity index is 2.75. The van der Waals surface area contributed by atoms with Crippen LogP contribution in [0.5, 0.6) is 0 Å². The van der Waals surface area contributed by atoms with Gasteiger partial charge in [-0.05, 0) is 36.6 Å². The summed E-state index contributed by atoms with van der Waals surface area (Å²) >= 11 is 3.93. The zero-order valence-electron chi connectivity index (χ0n) is 7.17. The number of aryl methyl sites for hydroxylation is 1. The molecule has 0 spiro atoms. The molecule has 0 saturated heterocycles. The molecule has 1 rings (SSSR count). The van der Waals surface area contributed by atoms with Crippen molar-refractivity contribution in [2.75, 3.05) is 12.3 Å². The van der Waals surface area contributed by atoms with E-state index in [0.717, 1.165) is 18.7 Å². The van der Waals surface area contributed by atoms with E-state index in [1.165, 1.54) is 11.1 Å². The Kier molecular flexibility index (Phi) is 3.44. The smallest absolute Gasteiger partial charge is 0.0316 e.